The molecule has 6 nitrogen and oxygen atoms in total. The van der Waals surface area contributed by atoms with E-state index in [4.69, 9.17) is 0 Å². The summed E-state index contributed by atoms with van der Waals surface area (Å²) in [7, 11) is 0. The average molecular weight is 392 g/mol. The Morgan fingerprint density at radius 3 is 2.83 bits per heavy atom. The van der Waals surface area contributed by atoms with E-state index in [0.717, 1.165) is 18.4 Å². The number of benzene rings is 2. The lowest BCUT2D eigenvalue weighted by Gasteiger charge is -2.13. The van der Waals surface area contributed by atoms with Crippen LogP contribution in [0.1, 0.15) is 34.3 Å². The molecule has 0 unspecified atom stereocenters. The molecule has 1 heterocycles. The number of aromatic nitrogens is 2. The number of carbonyl (C=O) groups excluding carboxylic acids is 1. The van der Waals surface area contributed by atoms with Crippen molar-refractivity contribution in [3.8, 4) is 5.69 Å². The van der Waals surface area contributed by atoms with Crippen molar-refractivity contribution < 1.29 is 9.18 Å². The van der Waals surface area contributed by atoms with Crippen molar-refractivity contribution in [1.29, 1.82) is 0 Å². The molecule has 1 aliphatic rings. The number of nitrogens with zero attached hydrogens (tertiary/aromatic N) is 2. The van der Waals surface area contributed by atoms with Gasteiger partial charge in [-0.25, -0.2) is 9.37 Å². The molecule has 1 aromatic heterocycles. The molecule has 0 atom stereocenters. The van der Waals surface area contributed by atoms with Crippen molar-refractivity contribution in [3.63, 3.8) is 0 Å². The Hall–Kier alpha value is -3.48. The van der Waals surface area contributed by atoms with Gasteiger partial charge < -0.3 is 10.6 Å². The highest BCUT2D eigenvalue weighted by Gasteiger charge is 2.24. The molecule has 0 bridgehead atoms. The Bertz CT molecular complexity index is 1120. The van der Waals surface area contributed by atoms with Crippen LogP contribution in [0.2, 0.25) is 0 Å². The van der Waals surface area contributed by atoms with Crippen LogP contribution in [0.3, 0.4) is 0 Å². The highest BCUT2D eigenvalue weighted by molar-refractivity contribution is 5.95. The van der Waals surface area contributed by atoms with Gasteiger partial charge in [0.05, 0.1) is 5.69 Å². The maximum Gasteiger partial charge on any atom is 0.297 e. The van der Waals surface area contributed by atoms with Crippen molar-refractivity contribution in [2.75, 3.05) is 5.32 Å². The van der Waals surface area contributed by atoms with Crippen LogP contribution in [0.5, 0.6) is 0 Å². The number of halogens is 1. The number of hydrogen-bond acceptors (Lipinski definition) is 4. The SMILES string of the molecule is Cc1ccc(C(=O)NC2CC2)cc1-n1ccnc(NCc2cccc(F)c2)c1=O. The van der Waals surface area contributed by atoms with Gasteiger partial charge in [-0.1, -0.05) is 18.2 Å². The molecule has 29 heavy (non-hydrogen) atoms. The Morgan fingerprint density at radius 1 is 1.24 bits per heavy atom. The maximum absolute atomic E-state index is 13.3. The van der Waals surface area contributed by atoms with Crippen LogP contribution in [-0.2, 0) is 6.54 Å². The van der Waals surface area contributed by atoms with E-state index in [0.29, 0.717) is 16.8 Å². The van der Waals surface area contributed by atoms with Crippen LogP contribution in [0.25, 0.3) is 5.69 Å². The van der Waals surface area contributed by atoms with E-state index in [1.54, 1.807) is 30.5 Å². The van der Waals surface area contributed by atoms with Crippen LogP contribution in [0.15, 0.2) is 59.7 Å². The third-order valence-corrected chi connectivity index (χ3v) is 4.83. The van der Waals surface area contributed by atoms with Gasteiger partial charge in [0.25, 0.3) is 11.5 Å². The summed E-state index contributed by atoms with van der Waals surface area (Å²) in [4.78, 5) is 29.4. The minimum absolute atomic E-state index is 0.139. The van der Waals surface area contributed by atoms with E-state index >= 15 is 0 Å². The van der Waals surface area contributed by atoms with Gasteiger partial charge in [-0.2, -0.15) is 0 Å². The molecule has 0 spiro atoms. The molecule has 1 fully saturated rings. The first-order chi connectivity index (χ1) is 14.0. The fourth-order valence-corrected chi connectivity index (χ4v) is 3.06. The number of amides is 1. The largest absolute Gasteiger partial charge is 0.361 e. The summed E-state index contributed by atoms with van der Waals surface area (Å²) in [6.07, 6.45) is 5.11. The highest BCUT2D eigenvalue weighted by Crippen LogP contribution is 2.21. The van der Waals surface area contributed by atoms with Crippen molar-refractivity contribution in [1.82, 2.24) is 14.9 Å². The summed E-state index contributed by atoms with van der Waals surface area (Å²) in [6, 6.07) is 11.7. The van der Waals surface area contributed by atoms with E-state index in [9.17, 15) is 14.0 Å². The van der Waals surface area contributed by atoms with E-state index in [-0.39, 0.29) is 35.7 Å². The molecular weight excluding hydrogens is 371 g/mol. The number of rotatable bonds is 6. The lowest BCUT2D eigenvalue weighted by Crippen LogP contribution is -2.26. The van der Waals surface area contributed by atoms with Gasteiger partial charge in [0.15, 0.2) is 5.82 Å². The van der Waals surface area contributed by atoms with Gasteiger partial charge >= 0.3 is 0 Å². The summed E-state index contributed by atoms with van der Waals surface area (Å²) in [5.74, 6) is -0.316. The molecule has 1 aliphatic carbocycles. The first-order valence-electron chi connectivity index (χ1n) is 9.49. The molecule has 3 aromatic rings. The van der Waals surface area contributed by atoms with Gasteiger partial charge in [-0.3, -0.25) is 14.2 Å². The first-order valence-corrected chi connectivity index (χ1v) is 9.49. The predicted octanol–water partition coefficient (Wildman–Crippen LogP) is 3.18. The van der Waals surface area contributed by atoms with Crippen LogP contribution in [0.4, 0.5) is 10.2 Å². The smallest absolute Gasteiger partial charge is 0.297 e. The number of aryl methyl sites for hydroxylation is 1. The molecule has 0 saturated heterocycles. The van der Waals surface area contributed by atoms with Gasteiger partial charge in [0, 0.05) is 30.5 Å². The Labute approximate surface area is 167 Å². The average Bonchev–Trinajstić information content (AvgIpc) is 3.52. The molecule has 0 aliphatic heterocycles. The fourth-order valence-electron chi connectivity index (χ4n) is 3.06. The zero-order chi connectivity index (χ0) is 20.4. The van der Waals surface area contributed by atoms with E-state index in [2.05, 4.69) is 15.6 Å². The Morgan fingerprint density at radius 2 is 2.07 bits per heavy atom. The number of hydrogen-bond donors (Lipinski definition) is 2. The minimum Gasteiger partial charge on any atom is -0.361 e. The monoisotopic (exact) mass is 392 g/mol. The van der Waals surface area contributed by atoms with Crippen LogP contribution in [0, 0.1) is 12.7 Å². The third kappa shape index (κ3) is 4.34. The molecule has 2 aromatic carbocycles. The zero-order valence-electron chi connectivity index (χ0n) is 16.0. The van der Waals surface area contributed by atoms with Crippen molar-refractivity contribution in [2.45, 2.75) is 32.4 Å². The molecule has 2 N–H and O–H groups in total. The van der Waals surface area contributed by atoms with Crippen molar-refractivity contribution in [3.05, 3.63) is 87.7 Å². The second-order valence-electron chi connectivity index (χ2n) is 7.18. The molecular formula is C22H21FN4O2. The molecule has 148 valence electrons. The summed E-state index contributed by atoms with van der Waals surface area (Å²) in [5.41, 5.74) is 2.35. The van der Waals surface area contributed by atoms with E-state index in [1.165, 1.54) is 22.9 Å². The zero-order valence-corrected chi connectivity index (χ0v) is 16.0. The van der Waals surface area contributed by atoms with E-state index < -0.39 is 0 Å². The quantitative estimate of drug-likeness (QED) is 0.676. The Kier molecular flexibility index (Phi) is 5.12. The molecule has 7 heteroatoms. The summed E-state index contributed by atoms with van der Waals surface area (Å²) in [6.45, 7) is 2.15. The summed E-state index contributed by atoms with van der Waals surface area (Å²) in [5, 5.41) is 5.92. The number of anilines is 1. The topological polar surface area (TPSA) is 76.0 Å². The lowest BCUT2D eigenvalue weighted by molar-refractivity contribution is 0.0951. The molecule has 1 saturated carbocycles. The maximum atomic E-state index is 13.3. The van der Waals surface area contributed by atoms with Crippen LogP contribution >= 0.6 is 0 Å². The first kappa shape index (κ1) is 18.9. The molecule has 1 amide bonds. The Balaban J connectivity index is 1.61. The van der Waals surface area contributed by atoms with Crippen LogP contribution < -0.4 is 16.2 Å². The second-order valence-corrected chi connectivity index (χ2v) is 7.18. The van der Waals surface area contributed by atoms with Crippen molar-refractivity contribution >= 4 is 11.7 Å². The van der Waals surface area contributed by atoms with Gasteiger partial charge in [0.2, 0.25) is 0 Å². The molecule has 0 radical (unpaired) electrons. The second kappa shape index (κ2) is 7.87. The lowest BCUT2D eigenvalue weighted by atomic mass is 10.1. The third-order valence-electron chi connectivity index (χ3n) is 4.83. The normalized spacial score (nSPS) is 13.2. The van der Waals surface area contributed by atoms with Gasteiger partial charge in [-0.15, -0.1) is 0 Å². The number of carbonyl (C=O) groups is 1. The van der Waals surface area contributed by atoms with Gasteiger partial charge in [-0.05, 0) is 55.2 Å². The van der Waals surface area contributed by atoms with Crippen LogP contribution in [-0.4, -0.2) is 21.5 Å². The predicted molar refractivity (Wildman–Crippen MR) is 109 cm³/mol. The number of nitrogens with one attached hydrogen (secondary N) is 2. The molecule has 4 rings (SSSR count). The minimum atomic E-state index is -0.341. The van der Waals surface area contributed by atoms with Crippen molar-refractivity contribution in [2.24, 2.45) is 0 Å². The van der Waals surface area contributed by atoms with E-state index in [1.807, 2.05) is 13.0 Å². The summed E-state index contributed by atoms with van der Waals surface area (Å²) < 4.78 is 14.8. The fraction of sp³-hybridized carbons (Fsp3) is 0.227. The van der Waals surface area contributed by atoms with Gasteiger partial charge in [0.1, 0.15) is 5.82 Å². The standard InChI is InChI=1S/C22H21FN4O2/c1-14-5-6-16(21(28)26-18-7-8-18)12-19(14)27-10-9-24-20(22(27)29)25-13-15-3-2-4-17(23)11-15/h2-6,9-12,18H,7-8,13H2,1H3,(H,24,25)(H,26,28). The summed E-state index contributed by atoms with van der Waals surface area (Å²) >= 11 is 0. The highest BCUT2D eigenvalue weighted by atomic mass is 19.1.